The fourth-order valence-electron chi connectivity index (χ4n) is 3.73. The minimum absolute atomic E-state index is 0.0637. The summed E-state index contributed by atoms with van der Waals surface area (Å²) >= 11 is 5.79. The number of halogens is 2. The van der Waals surface area contributed by atoms with Crippen LogP contribution < -0.4 is 10.2 Å². The number of amides is 2. The number of carbonyl (C=O) groups is 2. The molecule has 3 aromatic rings. The molecular weight excluding hydrogens is 429 g/mol. The van der Waals surface area contributed by atoms with Gasteiger partial charge < -0.3 is 10.2 Å². The lowest BCUT2D eigenvalue weighted by molar-refractivity contribution is -0.120. The summed E-state index contributed by atoms with van der Waals surface area (Å²) in [5.41, 5.74) is 5.26. The number of hydrogen-bond acceptors (Lipinski definition) is 3. The molecule has 0 unspecified atom stereocenters. The summed E-state index contributed by atoms with van der Waals surface area (Å²) in [5.74, 6) is -1.23. The van der Waals surface area contributed by atoms with Crippen LogP contribution in [0.5, 0.6) is 0 Å². The first-order valence-electron chi connectivity index (χ1n) is 10.1. The molecule has 0 spiro atoms. The van der Waals surface area contributed by atoms with Crippen LogP contribution in [0.3, 0.4) is 0 Å². The molecule has 5 nitrogen and oxygen atoms in total. The number of aryl methyl sites for hydroxylation is 2. The monoisotopic (exact) mass is 449 g/mol. The smallest absolute Gasteiger partial charge is 0.244 e. The van der Waals surface area contributed by atoms with E-state index in [1.165, 1.54) is 23.1 Å². The van der Waals surface area contributed by atoms with Crippen LogP contribution in [0.25, 0.3) is 0 Å². The summed E-state index contributed by atoms with van der Waals surface area (Å²) in [7, 11) is 0. The van der Waals surface area contributed by atoms with Gasteiger partial charge in [0.15, 0.2) is 0 Å². The van der Waals surface area contributed by atoms with E-state index in [1.807, 2.05) is 38.1 Å². The Kier molecular flexibility index (Phi) is 6.06. The van der Waals surface area contributed by atoms with Crippen LogP contribution in [0.2, 0.25) is 5.02 Å². The first kappa shape index (κ1) is 21.7. The Labute approximate surface area is 190 Å². The molecule has 0 radical (unpaired) electrons. The van der Waals surface area contributed by atoms with Crippen molar-refractivity contribution in [3.63, 3.8) is 0 Å². The molecule has 0 aliphatic carbocycles. The SMILES string of the molecule is Cc1ccc(C2=Nc3ccccc3N(CC(=O)Nc3ccc(F)c(Cl)c3)C(=O)C2)c(C)c1. The number of nitrogens with zero attached hydrogens (tertiary/aromatic N) is 2. The van der Waals surface area contributed by atoms with Crippen molar-refractivity contribution in [1.29, 1.82) is 0 Å². The maximum Gasteiger partial charge on any atom is 0.244 e. The van der Waals surface area contributed by atoms with Crippen molar-refractivity contribution in [2.24, 2.45) is 4.99 Å². The van der Waals surface area contributed by atoms with Gasteiger partial charge in [0.2, 0.25) is 11.8 Å². The molecule has 7 heteroatoms. The van der Waals surface area contributed by atoms with Gasteiger partial charge in [0, 0.05) is 5.69 Å². The molecular formula is C25H21ClFN3O2. The second-order valence-corrected chi connectivity index (χ2v) is 8.11. The second kappa shape index (κ2) is 8.93. The third-order valence-corrected chi connectivity index (χ3v) is 5.54. The number of anilines is 2. The van der Waals surface area contributed by atoms with Crippen LogP contribution in [0.4, 0.5) is 21.5 Å². The zero-order valence-corrected chi connectivity index (χ0v) is 18.4. The third-order valence-electron chi connectivity index (χ3n) is 5.25. The molecule has 4 rings (SSSR count). The van der Waals surface area contributed by atoms with Gasteiger partial charge in [0.25, 0.3) is 0 Å². The van der Waals surface area contributed by atoms with E-state index in [0.717, 1.165) is 16.7 Å². The molecule has 0 saturated heterocycles. The van der Waals surface area contributed by atoms with Crippen LogP contribution in [0, 0.1) is 19.7 Å². The van der Waals surface area contributed by atoms with Gasteiger partial charge in [-0.25, -0.2) is 4.39 Å². The number of aliphatic imine (C=N–C) groups is 1. The fourth-order valence-corrected chi connectivity index (χ4v) is 3.91. The lowest BCUT2D eigenvalue weighted by Gasteiger charge is -2.22. The van der Waals surface area contributed by atoms with Gasteiger partial charge in [-0.05, 0) is 55.3 Å². The summed E-state index contributed by atoms with van der Waals surface area (Å²) in [5, 5.41) is 2.57. The Morgan fingerprint density at radius 2 is 1.91 bits per heavy atom. The van der Waals surface area contributed by atoms with Gasteiger partial charge in [-0.1, -0.05) is 47.5 Å². The summed E-state index contributed by atoms with van der Waals surface area (Å²) in [6.07, 6.45) is 0.0637. The minimum atomic E-state index is -0.572. The summed E-state index contributed by atoms with van der Waals surface area (Å²) < 4.78 is 13.4. The first-order valence-corrected chi connectivity index (χ1v) is 10.5. The summed E-state index contributed by atoms with van der Waals surface area (Å²) in [6.45, 7) is 3.80. The van der Waals surface area contributed by atoms with Crippen LogP contribution in [-0.2, 0) is 9.59 Å². The molecule has 1 aliphatic heterocycles. The van der Waals surface area contributed by atoms with E-state index in [2.05, 4.69) is 11.4 Å². The molecule has 1 heterocycles. The highest BCUT2D eigenvalue weighted by molar-refractivity contribution is 6.31. The number of para-hydroxylation sites is 2. The lowest BCUT2D eigenvalue weighted by atomic mass is 9.99. The molecule has 3 aromatic carbocycles. The number of carbonyl (C=O) groups excluding carboxylic acids is 2. The second-order valence-electron chi connectivity index (χ2n) is 7.70. The van der Waals surface area contributed by atoms with Crippen molar-refractivity contribution in [3.8, 4) is 0 Å². The quantitative estimate of drug-likeness (QED) is 0.564. The van der Waals surface area contributed by atoms with E-state index in [1.54, 1.807) is 12.1 Å². The highest BCUT2D eigenvalue weighted by Crippen LogP contribution is 2.33. The van der Waals surface area contributed by atoms with Crippen molar-refractivity contribution in [2.75, 3.05) is 16.8 Å². The highest BCUT2D eigenvalue weighted by atomic mass is 35.5. The minimum Gasteiger partial charge on any atom is -0.324 e. The van der Waals surface area contributed by atoms with E-state index in [0.29, 0.717) is 22.8 Å². The van der Waals surface area contributed by atoms with Crippen molar-refractivity contribution >= 4 is 46.2 Å². The molecule has 2 amide bonds. The Bertz CT molecular complexity index is 1260. The predicted molar refractivity (Wildman–Crippen MR) is 126 cm³/mol. The normalized spacial score (nSPS) is 13.3. The molecule has 0 bridgehead atoms. The zero-order valence-electron chi connectivity index (χ0n) is 17.7. The van der Waals surface area contributed by atoms with Crippen LogP contribution >= 0.6 is 11.6 Å². The number of benzene rings is 3. The van der Waals surface area contributed by atoms with Gasteiger partial charge >= 0.3 is 0 Å². The molecule has 162 valence electrons. The first-order chi connectivity index (χ1) is 15.3. The van der Waals surface area contributed by atoms with Gasteiger partial charge in [0.05, 0.1) is 28.5 Å². The third kappa shape index (κ3) is 4.55. The summed E-state index contributed by atoms with van der Waals surface area (Å²) in [4.78, 5) is 32.1. The van der Waals surface area contributed by atoms with Crippen molar-refractivity contribution in [2.45, 2.75) is 20.3 Å². The van der Waals surface area contributed by atoms with Gasteiger partial charge in [-0.2, -0.15) is 0 Å². The van der Waals surface area contributed by atoms with E-state index < -0.39 is 11.7 Å². The largest absolute Gasteiger partial charge is 0.324 e. The topological polar surface area (TPSA) is 61.8 Å². The Hall–Kier alpha value is -3.51. The van der Waals surface area contributed by atoms with E-state index in [9.17, 15) is 14.0 Å². The lowest BCUT2D eigenvalue weighted by Crippen LogP contribution is -2.38. The number of nitrogens with one attached hydrogen (secondary N) is 1. The zero-order chi connectivity index (χ0) is 22.8. The van der Waals surface area contributed by atoms with E-state index >= 15 is 0 Å². The molecule has 1 N–H and O–H groups in total. The Morgan fingerprint density at radius 1 is 1.12 bits per heavy atom. The Morgan fingerprint density at radius 3 is 2.66 bits per heavy atom. The van der Waals surface area contributed by atoms with Gasteiger partial charge in [-0.15, -0.1) is 0 Å². The molecule has 0 saturated carbocycles. The van der Waals surface area contributed by atoms with Crippen molar-refractivity contribution in [3.05, 3.63) is 88.2 Å². The van der Waals surface area contributed by atoms with Crippen LogP contribution in [0.1, 0.15) is 23.1 Å². The van der Waals surface area contributed by atoms with Crippen molar-refractivity contribution < 1.29 is 14.0 Å². The van der Waals surface area contributed by atoms with Gasteiger partial charge in [0.1, 0.15) is 12.4 Å². The molecule has 0 fully saturated rings. The summed E-state index contributed by atoms with van der Waals surface area (Å²) in [6, 6.07) is 17.2. The average molecular weight is 450 g/mol. The number of hydrogen-bond donors (Lipinski definition) is 1. The molecule has 0 aromatic heterocycles. The number of fused-ring (bicyclic) bond motifs is 1. The maximum atomic E-state index is 13.4. The molecule has 0 atom stereocenters. The predicted octanol–water partition coefficient (Wildman–Crippen LogP) is 5.59. The number of rotatable bonds is 4. The van der Waals surface area contributed by atoms with Crippen LogP contribution in [0.15, 0.2) is 65.7 Å². The Balaban J connectivity index is 1.62. The maximum absolute atomic E-state index is 13.4. The van der Waals surface area contributed by atoms with Crippen molar-refractivity contribution in [1.82, 2.24) is 0 Å². The fraction of sp³-hybridized carbons (Fsp3) is 0.160. The van der Waals surface area contributed by atoms with Gasteiger partial charge in [-0.3, -0.25) is 14.6 Å². The molecule has 32 heavy (non-hydrogen) atoms. The van der Waals surface area contributed by atoms with E-state index in [4.69, 9.17) is 16.6 Å². The average Bonchev–Trinajstić information content (AvgIpc) is 2.87. The molecule has 1 aliphatic rings. The standard InChI is InChI=1S/C25H21ClFN3O2/c1-15-7-9-18(16(2)11-15)22-13-25(32)30(23-6-4-3-5-21(23)29-22)14-24(31)28-17-8-10-20(27)19(26)12-17/h3-12H,13-14H2,1-2H3,(H,28,31). The highest BCUT2D eigenvalue weighted by Gasteiger charge is 2.27. The van der Waals surface area contributed by atoms with E-state index in [-0.39, 0.29) is 23.9 Å². The van der Waals surface area contributed by atoms with Crippen LogP contribution in [-0.4, -0.2) is 24.1 Å².